The lowest BCUT2D eigenvalue weighted by molar-refractivity contribution is 0.0281. The van der Waals surface area contributed by atoms with Crippen molar-refractivity contribution in [2.45, 2.75) is 46.1 Å². The van der Waals surface area contributed by atoms with E-state index in [4.69, 9.17) is 4.74 Å². The molecule has 17 heavy (non-hydrogen) atoms. The van der Waals surface area contributed by atoms with Gasteiger partial charge in [0, 0.05) is 20.1 Å². The second-order valence-electron chi connectivity index (χ2n) is 6.39. The molecule has 0 aliphatic carbocycles. The molecule has 0 aromatic rings. The van der Waals surface area contributed by atoms with Gasteiger partial charge in [-0.15, -0.1) is 0 Å². The number of hydrogen-bond acceptors (Lipinski definition) is 3. The molecule has 0 saturated carbocycles. The van der Waals surface area contributed by atoms with Crippen LogP contribution >= 0.6 is 0 Å². The predicted molar refractivity (Wildman–Crippen MR) is 69.1 cm³/mol. The molecule has 1 fully saturated rings. The molecule has 1 amide bonds. The highest BCUT2D eigenvalue weighted by atomic mass is 16.6. The normalized spacial score (nSPS) is 24.8. The molecular formula is C13H26N2O2. The van der Waals surface area contributed by atoms with E-state index >= 15 is 0 Å². The number of carbonyl (C=O) groups is 1. The molecule has 1 aliphatic rings. The van der Waals surface area contributed by atoms with Crippen LogP contribution in [-0.4, -0.2) is 43.3 Å². The number of carbonyl (C=O) groups excluding carboxylic acids is 1. The van der Waals surface area contributed by atoms with Crippen molar-refractivity contribution in [3.63, 3.8) is 0 Å². The lowest BCUT2D eigenvalue weighted by atomic mass is 9.86. The van der Waals surface area contributed by atoms with Crippen LogP contribution in [0, 0.1) is 5.41 Å². The van der Waals surface area contributed by atoms with Gasteiger partial charge in [0.15, 0.2) is 0 Å². The summed E-state index contributed by atoms with van der Waals surface area (Å²) in [4.78, 5) is 13.4. The van der Waals surface area contributed by atoms with Crippen molar-refractivity contribution in [2.24, 2.45) is 5.41 Å². The number of rotatable bonds is 3. The van der Waals surface area contributed by atoms with Crippen LogP contribution in [0.2, 0.25) is 0 Å². The number of ether oxygens (including phenoxy) is 1. The maximum Gasteiger partial charge on any atom is 0.410 e. The quantitative estimate of drug-likeness (QED) is 0.825. The molecule has 0 aromatic heterocycles. The van der Waals surface area contributed by atoms with Gasteiger partial charge in [0.05, 0.1) is 0 Å². The Hall–Kier alpha value is -0.770. The topological polar surface area (TPSA) is 41.6 Å². The predicted octanol–water partition coefficient (Wildman–Crippen LogP) is 2.24. The van der Waals surface area contributed by atoms with Crippen molar-refractivity contribution in [1.29, 1.82) is 0 Å². The van der Waals surface area contributed by atoms with Crippen LogP contribution in [-0.2, 0) is 4.74 Å². The smallest absolute Gasteiger partial charge is 0.410 e. The Balaban J connectivity index is 2.33. The van der Waals surface area contributed by atoms with Crippen LogP contribution < -0.4 is 5.32 Å². The van der Waals surface area contributed by atoms with Gasteiger partial charge in [-0.25, -0.2) is 4.79 Å². The van der Waals surface area contributed by atoms with Crippen LogP contribution in [0.5, 0.6) is 0 Å². The van der Waals surface area contributed by atoms with Gasteiger partial charge in [0.2, 0.25) is 0 Å². The molecule has 100 valence electrons. The summed E-state index contributed by atoms with van der Waals surface area (Å²) in [5.41, 5.74) is -0.0829. The molecule has 4 heteroatoms. The molecule has 4 nitrogen and oxygen atoms in total. The maximum absolute atomic E-state index is 11.8. The maximum atomic E-state index is 11.8. The zero-order chi connectivity index (χ0) is 13.1. The molecule has 1 unspecified atom stereocenters. The van der Waals surface area contributed by atoms with Crippen molar-refractivity contribution in [3.05, 3.63) is 0 Å². The molecular weight excluding hydrogens is 216 g/mol. The first-order chi connectivity index (χ1) is 7.72. The van der Waals surface area contributed by atoms with E-state index < -0.39 is 5.60 Å². The molecule has 1 heterocycles. The first kappa shape index (κ1) is 14.3. The van der Waals surface area contributed by atoms with Gasteiger partial charge in [0.25, 0.3) is 0 Å². The van der Waals surface area contributed by atoms with Crippen LogP contribution in [0.3, 0.4) is 0 Å². The fraction of sp³-hybridized carbons (Fsp3) is 0.923. The van der Waals surface area contributed by atoms with Crippen molar-refractivity contribution in [1.82, 2.24) is 10.2 Å². The second kappa shape index (κ2) is 5.25. The number of hydrogen-bond donors (Lipinski definition) is 1. The van der Waals surface area contributed by atoms with Crippen LogP contribution in [0.15, 0.2) is 0 Å². The average Bonchev–Trinajstić information content (AvgIpc) is 2.59. The van der Waals surface area contributed by atoms with Crippen molar-refractivity contribution in [2.75, 3.05) is 26.7 Å². The zero-order valence-corrected chi connectivity index (χ0v) is 11.8. The average molecular weight is 242 g/mol. The van der Waals surface area contributed by atoms with Gasteiger partial charge < -0.3 is 15.0 Å². The van der Waals surface area contributed by atoms with Gasteiger partial charge in [-0.1, -0.05) is 6.92 Å². The summed E-state index contributed by atoms with van der Waals surface area (Å²) in [6.45, 7) is 10.8. The molecule has 1 atom stereocenters. The largest absolute Gasteiger partial charge is 0.444 e. The third-order valence-corrected chi connectivity index (χ3v) is 3.21. The third kappa shape index (κ3) is 4.94. The monoisotopic (exact) mass is 242 g/mol. The van der Waals surface area contributed by atoms with Gasteiger partial charge in [0.1, 0.15) is 5.60 Å². The van der Waals surface area contributed by atoms with Crippen molar-refractivity contribution in [3.8, 4) is 0 Å². The number of amides is 1. The standard InChI is InChI=1S/C13H26N2O2/c1-12(2,3)17-11(16)15(5)9-7-13(4)6-8-14-10-13/h14H,6-10H2,1-5H3. The molecule has 1 aliphatic heterocycles. The van der Waals surface area contributed by atoms with Crippen molar-refractivity contribution < 1.29 is 9.53 Å². The molecule has 1 rings (SSSR count). The number of nitrogens with one attached hydrogen (secondary N) is 1. The SMILES string of the molecule is CN(CCC1(C)CCNC1)C(=O)OC(C)(C)C. The summed E-state index contributed by atoms with van der Waals surface area (Å²) in [6, 6.07) is 0. The Labute approximate surface area is 105 Å². The van der Waals surface area contributed by atoms with E-state index in [9.17, 15) is 4.79 Å². The summed E-state index contributed by atoms with van der Waals surface area (Å²) >= 11 is 0. The summed E-state index contributed by atoms with van der Waals surface area (Å²) in [7, 11) is 1.81. The minimum absolute atomic E-state index is 0.230. The Bertz CT molecular complexity index is 265. The summed E-state index contributed by atoms with van der Waals surface area (Å²) in [6.07, 6.45) is 1.98. The van der Waals surface area contributed by atoms with E-state index in [-0.39, 0.29) is 6.09 Å². The van der Waals surface area contributed by atoms with Crippen molar-refractivity contribution >= 4 is 6.09 Å². The van der Waals surface area contributed by atoms with Gasteiger partial charge >= 0.3 is 6.09 Å². The van der Waals surface area contributed by atoms with Gasteiger partial charge in [-0.3, -0.25) is 0 Å². The summed E-state index contributed by atoms with van der Waals surface area (Å²) in [5, 5.41) is 3.37. The van der Waals surface area contributed by atoms with E-state index in [1.165, 1.54) is 6.42 Å². The lowest BCUT2D eigenvalue weighted by Gasteiger charge is -2.28. The van der Waals surface area contributed by atoms with E-state index in [1.54, 1.807) is 11.9 Å². The van der Waals surface area contributed by atoms with Gasteiger partial charge in [-0.2, -0.15) is 0 Å². The highest BCUT2D eigenvalue weighted by molar-refractivity contribution is 5.67. The second-order valence-corrected chi connectivity index (χ2v) is 6.39. The van der Waals surface area contributed by atoms with Crippen LogP contribution in [0.4, 0.5) is 4.79 Å². The van der Waals surface area contributed by atoms with Crippen LogP contribution in [0.25, 0.3) is 0 Å². The van der Waals surface area contributed by atoms with Gasteiger partial charge in [-0.05, 0) is 45.6 Å². The van der Waals surface area contributed by atoms with Crippen LogP contribution in [0.1, 0.15) is 40.5 Å². The fourth-order valence-corrected chi connectivity index (χ4v) is 1.95. The van der Waals surface area contributed by atoms with E-state index in [0.717, 1.165) is 26.1 Å². The minimum atomic E-state index is -0.413. The third-order valence-electron chi connectivity index (χ3n) is 3.21. The number of nitrogens with zero attached hydrogens (tertiary/aromatic N) is 1. The summed E-state index contributed by atoms with van der Waals surface area (Å²) in [5.74, 6) is 0. The molecule has 1 saturated heterocycles. The van der Waals surface area contributed by atoms with E-state index in [1.807, 2.05) is 20.8 Å². The first-order valence-electron chi connectivity index (χ1n) is 6.37. The Kier molecular flexibility index (Phi) is 4.42. The summed E-state index contributed by atoms with van der Waals surface area (Å²) < 4.78 is 5.32. The molecule has 0 bridgehead atoms. The molecule has 1 N–H and O–H groups in total. The minimum Gasteiger partial charge on any atom is -0.444 e. The van der Waals surface area contributed by atoms with E-state index in [2.05, 4.69) is 12.2 Å². The highest BCUT2D eigenvalue weighted by Gasteiger charge is 2.29. The zero-order valence-electron chi connectivity index (χ0n) is 11.8. The molecule has 0 radical (unpaired) electrons. The lowest BCUT2D eigenvalue weighted by Crippen LogP contribution is -2.36. The first-order valence-corrected chi connectivity index (χ1v) is 6.37. The molecule has 0 spiro atoms. The molecule has 0 aromatic carbocycles. The highest BCUT2D eigenvalue weighted by Crippen LogP contribution is 2.28. The Morgan fingerprint density at radius 2 is 2.12 bits per heavy atom. The Morgan fingerprint density at radius 1 is 1.47 bits per heavy atom. The van der Waals surface area contributed by atoms with E-state index in [0.29, 0.717) is 5.41 Å². The Morgan fingerprint density at radius 3 is 2.59 bits per heavy atom. The fourth-order valence-electron chi connectivity index (χ4n) is 1.95.